The Morgan fingerprint density at radius 3 is 3.18 bits per heavy atom. The molecule has 1 atom stereocenters. The van der Waals surface area contributed by atoms with Gasteiger partial charge in [-0.05, 0) is 43.9 Å². The van der Waals surface area contributed by atoms with Gasteiger partial charge in [0.15, 0.2) is 16.6 Å². The molecule has 0 amide bonds. The highest BCUT2D eigenvalue weighted by Gasteiger charge is 2.18. The van der Waals surface area contributed by atoms with Crippen LogP contribution in [0.4, 0.5) is 10.8 Å². The maximum atomic E-state index is 5.71. The summed E-state index contributed by atoms with van der Waals surface area (Å²) in [6.07, 6.45) is 2.57. The van der Waals surface area contributed by atoms with Crippen LogP contribution in [0.5, 0.6) is 5.75 Å². The minimum absolute atomic E-state index is 0.473. The molecule has 1 aromatic rings. The Morgan fingerprint density at radius 1 is 1.65 bits per heavy atom. The number of anilines is 2. The first-order valence-electron chi connectivity index (χ1n) is 5.92. The normalized spacial score (nSPS) is 21.4. The third kappa shape index (κ3) is 3.01. The fraction of sp³-hybridized carbons (Fsp3) is 0.727. The first-order chi connectivity index (χ1) is 8.20. The molecule has 0 bridgehead atoms. The van der Waals surface area contributed by atoms with Gasteiger partial charge in [-0.1, -0.05) is 0 Å². The van der Waals surface area contributed by atoms with Crippen molar-refractivity contribution in [2.24, 2.45) is 5.92 Å². The van der Waals surface area contributed by atoms with Gasteiger partial charge in [0, 0.05) is 13.1 Å². The molecule has 5 nitrogen and oxygen atoms in total. The van der Waals surface area contributed by atoms with Crippen molar-refractivity contribution in [3.63, 3.8) is 0 Å². The van der Waals surface area contributed by atoms with Gasteiger partial charge < -0.3 is 20.7 Å². The number of methoxy groups -OCH3 is 1. The highest BCUT2D eigenvalue weighted by molar-refractivity contribution is 7.11. The number of nitrogen functional groups attached to an aromatic ring is 1. The third-order valence-electron chi connectivity index (χ3n) is 3.15. The maximum absolute atomic E-state index is 5.71. The molecule has 1 saturated heterocycles. The van der Waals surface area contributed by atoms with Crippen molar-refractivity contribution in [3.05, 3.63) is 0 Å². The van der Waals surface area contributed by atoms with Gasteiger partial charge in [0.25, 0.3) is 0 Å². The van der Waals surface area contributed by atoms with Crippen LogP contribution in [-0.4, -0.2) is 43.1 Å². The highest BCUT2D eigenvalue weighted by Crippen LogP contribution is 2.34. The van der Waals surface area contributed by atoms with Crippen LogP contribution < -0.4 is 15.8 Å². The highest BCUT2D eigenvalue weighted by atomic mass is 32.1. The zero-order chi connectivity index (χ0) is 12.3. The SMILES string of the molecule is COc1c(N)nsc1NCC1CCCN(C)C1. The molecule has 0 spiro atoms. The number of piperidine rings is 1. The largest absolute Gasteiger partial charge is 0.490 e. The Labute approximate surface area is 106 Å². The van der Waals surface area contributed by atoms with E-state index in [-0.39, 0.29) is 0 Å². The summed E-state index contributed by atoms with van der Waals surface area (Å²) in [7, 11) is 3.80. The first-order valence-corrected chi connectivity index (χ1v) is 6.69. The number of ether oxygens (including phenoxy) is 1. The summed E-state index contributed by atoms with van der Waals surface area (Å²) < 4.78 is 9.31. The maximum Gasteiger partial charge on any atom is 0.197 e. The van der Waals surface area contributed by atoms with Crippen LogP contribution in [0.25, 0.3) is 0 Å². The van der Waals surface area contributed by atoms with Crippen LogP contribution in [-0.2, 0) is 0 Å². The minimum atomic E-state index is 0.473. The lowest BCUT2D eigenvalue weighted by Gasteiger charge is -2.29. The zero-order valence-corrected chi connectivity index (χ0v) is 11.2. The molecule has 1 aliphatic rings. The van der Waals surface area contributed by atoms with Crippen molar-refractivity contribution in [2.75, 3.05) is 44.8 Å². The monoisotopic (exact) mass is 256 g/mol. The van der Waals surface area contributed by atoms with Crippen LogP contribution in [0.2, 0.25) is 0 Å². The van der Waals surface area contributed by atoms with Crippen LogP contribution in [0.15, 0.2) is 0 Å². The Hall–Kier alpha value is -1.01. The van der Waals surface area contributed by atoms with Gasteiger partial charge in [-0.15, -0.1) is 0 Å². The molecule has 0 aromatic carbocycles. The van der Waals surface area contributed by atoms with E-state index in [0.717, 1.165) is 18.1 Å². The molecule has 96 valence electrons. The first kappa shape index (κ1) is 12.4. The average Bonchev–Trinajstić information content (AvgIpc) is 2.67. The fourth-order valence-corrected chi connectivity index (χ4v) is 2.97. The van der Waals surface area contributed by atoms with Gasteiger partial charge in [0.05, 0.1) is 7.11 Å². The van der Waals surface area contributed by atoms with Crippen LogP contribution >= 0.6 is 11.5 Å². The van der Waals surface area contributed by atoms with Crippen molar-refractivity contribution >= 4 is 22.4 Å². The second kappa shape index (κ2) is 5.55. The molecular formula is C11H20N4OS. The number of nitrogens with zero attached hydrogens (tertiary/aromatic N) is 2. The van der Waals surface area contributed by atoms with Crippen molar-refractivity contribution in [1.82, 2.24) is 9.27 Å². The third-order valence-corrected chi connectivity index (χ3v) is 3.95. The van der Waals surface area contributed by atoms with E-state index >= 15 is 0 Å². The van der Waals surface area contributed by atoms with Gasteiger partial charge >= 0.3 is 0 Å². The van der Waals surface area contributed by atoms with Gasteiger partial charge in [0.1, 0.15) is 0 Å². The summed E-state index contributed by atoms with van der Waals surface area (Å²) in [6, 6.07) is 0. The summed E-state index contributed by atoms with van der Waals surface area (Å²) in [6.45, 7) is 3.33. The van der Waals surface area contributed by atoms with Crippen LogP contribution in [0.3, 0.4) is 0 Å². The number of nitrogens with two attached hydrogens (primary N) is 1. The molecule has 1 unspecified atom stereocenters. The molecular weight excluding hydrogens is 236 g/mol. The fourth-order valence-electron chi connectivity index (χ4n) is 2.28. The lowest BCUT2D eigenvalue weighted by molar-refractivity contribution is 0.217. The number of hydrogen-bond donors (Lipinski definition) is 2. The summed E-state index contributed by atoms with van der Waals surface area (Å²) >= 11 is 1.37. The van der Waals surface area contributed by atoms with Crippen LogP contribution in [0.1, 0.15) is 12.8 Å². The van der Waals surface area contributed by atoms with Crippen molar-refractivity contribution in [2.45, 2.75) is 12.8 Å². The molecule has 0 radical (unpaired) electrons. The average molecular weight is 256 g/mol. The van der Waals surface area contributed by atoms with E-state index in [1.807, 2.05) is 0 Å². The van der Waals surface area contributed by atoms with Gasteiger partial charge in [-0.25, -0.2) is 0 Å². The molecule has 0 saturated carbocycles. The summed E-state index contributed by atoms with van der Waals surface area (Å²) in [5, 5.41) is 4.34. The van der Waals surface area contributed by atoms with E-state index in [9.17, 15) is 0 Å². The van der Waals surface area contributed by atoms with Gasteiger partial charge in [0.2, 0.25) is 0 Å². The number of hydrogen-bond acceptors (Lipinski definition) is 6. The Kier molecular flexibility index (Phi) is 4.06. The summed E-state index contributed by atoms with van der Waals surface area (Å²) in [4.78, 5) is 2.38. The lowest BCUT2D eigenvalue weighted by atomic mass is 9.99. The number of rotatable bonds is 4. The second-order valence-corrected chi connectivity index (χ2v) is 5.35. The number of aromatic nitrogens is 1. The molecule has 1 aliphatic heterocycles. The van der Waals surface area contributed by atoms with Gasteiger partial charge in [-0.3, -0.25) is 0 Å². The topological polar surface area (TPSA) is 63.4 Å². The van der Waals surface area contributed by atoms with Gasteiger partial charge in [-0.2, -0.15) is 4.37 Å². The Morgan fingerprint density at radius 2 is 2.47 bits per heavy atom. The van der Waals surface area contributed by atoms with Crippen molar-refractivity contribution < 1.29 is 4.74 Å². The summed E-state index contributed by atoms with van der Waals surface area (Å²) in [5.74, 6) is 1.85. The molecule has 3 N–H and O–H groups in total. The van der Waals surface area contributed by atoms with E-state index < -0.39 is 0 Å². The molecule has 1 fully saturated rings. The number of likely N-dealkylation sites (tertiary alicyclic amines) is 1. The van der Waals surface area contributed by atoms with E-state index in [1.165, 1.54) is 30.9 Å². The molecule has 2 heterocycles. The van der Waals surface area contributed by atoms with E-state index in [0.29, 0.717) is 17.5 Å². The molecule has 2 rings (SSSR count). The quantitative estimate of drug-likeness (QED) is 0.854. The molecule has 0 aliphatic carbocycles. The minimum Gasteiger partial charge on any atom is -0.490 e. The van der Waals surface area contributed by atoms with Crippen molar-refractivity contribution in [1.29, 1.82) is 0 Å². The van der Waals surface area contributed by atoms with Crippen molar-refractivity contribution in [3.8, 4) is 5.75 Å². The van der Waals surface area contributed by atoms with E-state index in [2.05, 4.69) is 21.6 Å². The van der Waals surface area contributed by atoms with E-state index in [1.54, 1.807) is 7.11 Å². The standard InChI is InChI=1S/C11H20N4OS/c1-15-5-3-4-8(7-15)6-13-11-9(16-2)10(12)14-17-11/h8,13H,3-7H2,1-2H3,(H2,12,14). The smallest absolute Gasteiger partial charge is 0.197 e. The lowest BCUT2D eigenvalue weighted by Crippen LogP contribution is -2.35. The predicted octanol–water partition coefficient (Wildman–Crippen LogP) is 1.49. The van der Waals surface area contributed by atoms with E-state index in [4.69, 9.17) is 10.5 Å². The summed E-state index contributed by atoms with van der Waals surface area (Å²) in [5.41, 5.74) is 5.71. The zero-order valence-electron chi connectivity index (χ0n) is 10.4. The number of nitrogens with one attached hydrogen (secondary N) is 1. The molecule has 1 aromatic heterocycles. The second-order valence-electron chi connectivity index (χ2n) is 4.58. The molecule has 17 heavy (non-hydrogen) atoms. The Balaban J connectivity index is 1.88. The Bertz CT molecular complexity index is 368. The van der Waals surface area contributed by atoms with Crippen LogP contribution in [0, 0.1) is 5.92 Å². The molecule has 6 heteroatoms. The predicted molar refractivity (Wildman–Crippen MR) is 71.8 cm³/mol.